The van der Waals surface area contributed by atoms with Crippen LogP contribution in [0.15, 0.2) is 40.6 Å². The van der Waals surface area contributed by atoms with Crippen LogP contribution >= 0.6 is 11.3 Å². The molecule has 146 valence electrons. The fourth-order valence-corrected chi connectivity index (χ4v) is 4.39. The van der Waals surface area contributed by atoms with E-state index in [1.54, 1.807) is 30.5 Å². The SMILES string of the molecule is CCOC(=O)c1ccsc1NC(=O)CCCS(=O)(=O)c1ccc(OC)cc1. The molecule has 0 unspecified atom stereocenters. The molecule has 9 heteroatoms. The zero-order valence-corrected chi connectivity index (χ0v) is 16.7. The number of hydrogen-bond donors (Lipinski definition) is 1. The average molecular weight is 412 g/mol. The summed E-state index contributed by atoms with van der Waals surface area (Å²) >= 11 is 1.21. The minimum Gasteiger partial charge on any atom is -0.497 e. The van der Waals surface area contributed by atoms with Gasteiger partial charge in [0.1, 0.15) is 10.8 Å². The molecule has 2 aromatic rings. The number of rotatable bonds is 9. The van der Waals surface area contributed by atoms with E-state index in [9.17, 15) is 18.0 Å². The van der Waals surface area contributed by atoms with E-state index in [0.717, 1.165) is 0 Å². The molecule has 0 fully saturated rings. The number of nitrogens with one attached hydrogen (secondary N) is 1. The fraction of sp³-hybridized carbons (Fsp3) is 0.333. The molecule has 0 radical (unpaired) electrons. The second-order valence-corrected chi connectivity index (χ2v) is 8.56. The van der Waals surface area contributed by atoms with Crippen molar-refractivity contribution in [2.75, 3.05) is 24.8 Å². The van der Waals surface area contributed by atoms with Gasteiger partial charge in [-0.1, -0.05) is 0 Å². The zero-order chi connectivity index (χ0) is 19.9. The molecule has 2 rings (SSSR count). The molecule has 0 aliphatic carbocycles. The summed E-state index contributed by atoms with van der Waals surface area (Å²) in [4.78, 5) is 24.1. The molecule has 1 heterocycles. The van der Waals surface area contributed by atoms with Gasteiger partial charge in [-0.15, -0.1) is 11.3 Å². The van der Waals surface area contributed by atoms with Gasteiger partial charge in [0.25, 0.3) is 0 Å². The Morgan fingerprint density at radius 2 is 1.85 bits per heavy atom. The molecule has 1 N–H and O–H groups in total. The molecule has 0 atom stereocenters. The van der Waals surface area contributed by atoms with E-state index in [-0.39, 0.29) is 36.0 Å². The van der Waals surface area contributed by atoms with Gasteiger partial charge in [-0.2, -0.15) is 0 Å². The van der Waals surface area contributed by atoms with Gasteiger partial charge < -0.3 is 14.8 Å². The Kier molecular flexibility index (Phi) is 7.37. The van der Waals surface area contributed by atoms with Crippen molar-refractivity contribution in [1.82, 2.24) is 0 Å². The Hall–Kier alpha value is -2.39. The van der Waals surface area contributed by atoms with Crippen molar-refractivity contribution in [3.8, 4) is 5.75 Å². The number of amides is 1. The van der Waals surface area contributed by atoms with Crippen molar-refractivity contribution in [3.63, 3.8) is 0 Å². The first-order chi connectivity index (χ1) is 12.9. The molecule has 0 saturated carbocycles. The molecule has 0 bridgehead atoms. The smallest absolute Gasteiger partial charge is 0.341 e. The normalized spacial score (nSPS) is 11.0. The number of sulfone groups is 1. The van der Waals surface area contributed by atoms with Crippen LogP contribution in [0.25, 0.3) is 0 Å². The number of carbonyl (C=O) groups excluding carboxylic acids is 2. The van der Waals surface area contributed by atoms with Crippen molar-refractivity contribution < 1.29 is 27.5 Å². The maximum absolute atomic E-state index is 12.3. The van der Waals surface area contributed by atoms with Gasteiger partial charge >= 0.3 is 5.97 Å². The first kappa shape index (κ1) is 20.9. The summed E-state index contributed by atoms with van der Waals surface area (Å²) in [5.74, 6) is -0.437. The Balaban J connectivity index is 1.89. The lowest BCUT2D eigenvalue weighted by molar-refractivity contribution is -0.116. The molecular weight excluding hydrogens is 390 g/mol. The van der Waals surface area contributed by atoms with Gasteiger partial charge in [0.2, 0.25) is 5.91 Å². The van der Waals surface area contributed by atoms with Crippen molar-refractivity contribution in [1.29, 1.82) is 0 Å². The Labute approximate surface area is 162 Å². The van der Waals surface area contributed by atoms with Gasteiger partial charge in [-0.3, -0.25) is 4.79 Å². The maximum atomic E-state index is 12.3. The second-order valence-electron chi connectivity index (χ2n) is 5.53. The Morgan fingerprint density at radius 1 is 1.15 bits per heavy atom. The highest BCUT2D eigenvalue weighted by molar-refractivity contribution is 7.91. The van der Waals surface area contributed by atoms with Gasteiger partial charge in [0.15, 0.2) is 9.84 Å². The number of anilines is 1. The van der Waals surface area contributed by atoms with Gasteiger partial charge in [0, 0.05) is 6.42 Å². The first-order valence-corrected chi connectivity index (χ1v) is 10.8. The van der Waals surface area contributed by atoms with Crippen LogP contribution in [0.5, 0.6) is 5.75 Å². The lowest BCUT2D eigenvalue weighted by atomic mass is 10.3. The van der Waals surface area contributed by atoms with Crippen molar-refractivity contribution >= 4 is 38.1 Å². The number of carbonyl (C=O) groups is 2. The highest BCUT2D eigenvalue weighted by atomic mass is 32.2. The molecular formula is C18H21NO6S2. The predicted molar refractivity (Wildman–Crippen MR) is 103 cm³/mol. The lowest BCUT2D eigenvalue weighted by Crippen LogP contribution is -2.15. The van der Waals surface area contributed by atoms with Crippen molar-refractivity contribution in [2.45, 2.75) is 24.7 Å². The molecule has 0 aliphatic rings. The molecule has 27 heavy (non-hydrogen) atoms. The number of methoxy groups -OCH3 is 1. The summed E-state index contributed by atoms with van der Waals surface area (Å²) in [6.07, 6.45) is 0.190. The zero-order valence-electron chi connectivity index (χ0n) is 15.1. The lowest BCUT2D eigenvalue weighted by Gasteiger charge is -2.07. The third kappa shape index (κ3) is 5.80. The monoisotopic (exact) mass is 411 g/mol. The minimum absolute atomic E-state index is 0.0234. The summed E-state index contributed by atoms with van der Waals surface area (Å²) in [5, 5.41) is 4.71. The topological polar surface area (TPSA) is 98.8 Å². The van der Waals surface area contributed by atoms with Crippen molar-refractivity contribution in [3.05, 3.63) is 41.3 Å². The summed E-state index contributed by atoms with van der Waals surface area (Å²) in [7, 11) is -1.98. The van der Waals surface area contributed by atoms with Crippen LogP contribution in [0.1, 0.15) is 30.1 Å². The standard InChI is InChI=1S/C18H21NO6S2/c1-3-25-18(21)15-10-11-26-17(15)19-16(20)5-4-12-27(22,23)14-8-6-13(24-2)7-9-14/h6-11H,3-5,12H2,1-2H3,(H,19,20). The molecule has 1 aromatic carbocycles. The van der Waals surface area contributed by atoms with Crippen LogP contribution in [0.2, 0.25) is 0 Å². The summed E-state index contributed by atoms with van der Waals surface area (Å²) in [6.45, 7) is 1.94. The van der Waals surface area contributed by atoms with E-state index < -0.39 is 15.8 Å². The largest absolute Gasteiger partial charge is 0.497 e. The maximum Gasteiger partial charge on any atom is 0.341 e. The Bertz CT molecular complexity index is 887. The van der Waals surface area contributed by atoms with E-state index in [0.29, 0.717) is 16.3 Å². The van der Waals surface area contributed by atoms with Gasteiger partial charge in [0.05, 0.1) is 29.9 Å². The first-order valence-electron chi connectivity index (χ1n) is 8.28. The van der Waals surface area contributed by atoms with E-state index in [1.807, 2.05) is 0 Å². The number of ether oxygens (including phenoxy) is 2. The molecule has 1 aromatic heterocycles. The molecule has 7 nitrogen and oxygen atoms in total. The number of benzene rings is 1. The van der Waals surface area contributed by atoms with E-state index in [4.69, 9.17) is 9.47 Å². The predicted octanol–water partition coefficient (Wildman–Crippen LogP) is 3.13. The number of esters is 1. The highest BCUT2D eigenvalue weighted by Gasteiger charge is 2.18. The third-order valence-electron chi connectivity index (χ3n) is 3.65. The van der Waals surface area contributed by atoms with E-state index in [1.165, 1.54) is 30.6 Å². The minimum atomic E-state index is -3.48. The quantitative estimate of drug-likeness (QED) is 0.637. The van der Waals surface area contributed by atoms with Crippen LogP contribution in [-0.2, 0) is 19.4 Å². The fourth-order valence-electron chi connectivity index (χ4n) is 2.29. The van der Waals surface area contributed by atoms with E-state index >= 15 is 0 Å². The molecule has 0 saturated heterocycles. The Morgan fingerprint density at radius 3 is 2.48 bits per heavy atom. The molecule has 0 spiro atoms. The van der Waals surface area contributed by atoms with Crippen molar-refractivity contribution in [2.24, 2.45) is 0 Å². The van der Waals surface area contributed by atoms with Crippen LogP contribution in [-0.4, -0.2) is 39.8 Å². The summed E-state index contributed by atoms with van der Waals surface area (Å²) in [5.41, 5.74) is 0.293. The molecule has 0 aliphatic heterocycles. The van der Waals surface area contributed by atoms with Crippen LogP contribution in [0.4, 0.5) is 5.00 Å². The van der Waals surface area contributed by atoms with Crippen LogP contribution in [0, 0.1) is 0 Å². The summed E-state index contributed by atoms with van der Waals surface area (Å²) < 4.78 is 34.6. The third-order valence-corrected chi connectivity index (χ3v) is 6.30. The van der Waals surface area contributed by atoms with Crippen LogP contribution in [0.3, 0.4) is 0 Å². The van der Waals surface area contributed by atoms with Gasteiger partial charge in [-0.05, 0) is 49.1 Å². The van der Waals surface area contributed by atoms with Crippen LogP contribution < -0.4 is 10.1 Å². The number of thiophene rings is 1. The summed E-state index contributed by atoms with van der Waals surface area (Å²) in [6, 6.07) is 7.68. The highest BCUT2D eigenvalue weighted by Crippen LogP contribution is 2.24. The molecule has 1 amide bonds. The van der Waals surface area contributed by atoms with Gasteiger partial charge in [-0.25, -0.2) is 13.2 Å². The number of hydrogen-bond acceptors (Lipinski definition) is 7. The second kappa shape index (κ2) is 9.52. The average Bonchev–Trinajstić information content (AvgIpc) is 3.10. The van der Waals surface area contributed by atoms with E-state index in [2.05, 4.69) is 5.32 Å².